The number of nitrogens with one attached hydrogen (secondary N) is 1. The third kappa shape index (κ3) is 3.00. The lowest BCUT2D eigenvalue weighted by Crippen LogP contribution is -2.59. The van der Waals surface area contributed by atoms with Gasteiger partial charge in [-0.2, -0.15) is 0 Å². The Morgan fingerprint density at radius 2 is 1.75 bits per heavy atom. The zero-order chi connectivity index (χ0) is 19.5. The van der Waals surface area contributed by atoms with Gasteiger partial charge in [-0.3, -0.25) is 14.9 Å². The molecule has 4 bridgehead atoms. The third-order valence-corrected chi connectivity index (χ3v) is 6.99. The second-order valence-corrected chi connectivity index (χ2v) is 9.14. The van der Waals surface area contributed by atoms with Crippen molar-refractivity contribution in [3.8, 4) is 11.3 Å². The van der Waals surface area contributed by atoms with E-state index >= 15 is 0 Å². The van der Waals surface area contributed by atoms with E-state index in [0.29, 0.717) is 11.3 Å². The summed E-state index contributed by atoms with van der Waals surface area (Å²) in [7, 11) is 0. The molecule has 1 aromatic heterocycles. The van der Waals surface area contributed by atoms with Gasteiger partial charge in [0, 0.05) is 23.2 Å². The maximum atomic E-state index is 12.9. The van der Waals surface area contributed by atoms with E-state index in [1.807, 2.05) is 0 Å². The molecule has 1 amide bonds. The number of nitro groups is 1. The van der Waals surface area contributed by atoms with Gasteiger partial charge >= 0.3 is 0 Å². The summed E-state index contributed by atoms with van der Waals surface area (Å²) in [6.45, 7) is 0. The molecule has 1 aromatic carbocycles. The number of hydrogen-bond acceptors (Lipinski definition) is 4. The van der Waals surface area contributed by atoms with Gasteiger partial charge in [-0.05, 0) is 74.5 Å². The van der Waals surface area contributed by atoms with Crippen LogP contribution in [0.15, 0.2) is 34.7 Å². The topological polar surface area (TPSA) is 85.4 Å². The average Bonchev–Trinajstić information content (AvgIpc) is 3.10. The minimum absolute atomic E-state index is 0.0796. The third-order valence-electron chi connectivity index (χ3n) is 6.68. The molecule has 0 spiro atoms. The molecule has 0 unspecified atom stereocenters. The van der Waals surface area contributed by atoms with Crippen molar-refractivity contribution in [2.24, 2.45) is 17.8 Å². The molecule has 7 heteroatoms. The van der Waals surface area contributed by atoms with Crippen molar-refractivity contribution in [3.05, 3.63) is 51.2 Å². The first-order chi connectivity index (χ1) is 13.4. The van der Waals surface area contributed by atoms with Crippen LogP contribution in [0, 0.1) is 27.9 Å². The number of nitrogens with zero attached hydrogens (tertiary/aromatic N) is 1. The largest absolute Gasteiger partial charge is 0.451 e. The number of carbonyl (C=O) groups excluding carboxylic acids is 1. The van der Waals surface area contributed by atoms with Crippen molar-refractivity contribution >= 4 is 23.2 Å². The Hall–Kier alpha value is -2.34. The van der Waals surface area contributed by atoms with Gasteiger partial charge in [0.05, 0.1) is 9.95 Å². The first-order valence-corrected chi connectivity index (χ1v) is 10.2. The normalized spacial score (nSPS) is 30.4. The average molecular weight is 401 g/mol. The number of benzene rings is 1. The van der Waals surface area contributed by atoms with Gasteiger partial charge in [-0.1, -0.05) is 11.6 Å². The Morgan fingerprint density at radius 1 is 1.11 bits per heavy atom. The zero-order valence-electron chi connectivity index (χ0n) is 15.3. The highest BCUT2D eigenvalue weighted by atomic mass is 35.5. The van der Waals surface area contributed by atoms with Crippen LogP contribution in [0.3, 0.4) is 0 Å². The molecular formula is C21H21ClN2O4. The Balaban J connectivity index is 1.35. The van der Waals surface area contributed by atoms with Crippen molar-refractivity contribution in [1.82, 2.24) is 5.32 Å². The lowest BCUT2D eigenvalue weighted by molar-refractivity contribution is -0.384. The van der Waals surface area contributed by atoms with Crippen LogP contribution in [0.25, 0.3) is 11.3 Å². The highest BCUT2D eigenvalue weighted by Crippen LogP contribution is 2.55. The standard InChI is InChI=1S/C21H21ClN2O4/c22-17-8-15(24(26)27)1-2-16(17)18-3-4-19(28-18)20(25)23-21-9-12-5-13(10-21)7-14(6-12)11-21/h1-4,8,12-14H,5-7,9-11H2,(H,23,25). The van der Waals surface area contributed by atoms with Gasteiger partial charge in [0.25, 0.3) is 11.6 Å². The molecule has 28 heavy (non-hydrogen) atoms. The quantitative estimate of drug-likeness (QED) is 0.564. The summed E-state index contributed by atoms with van der Waals surface area (Å²) in [4.78, 5) is 23.2. The molecule has 0 aliphatic heterocycles. The number of amides is 1. The molecule has 1 N–H and O–H groups in total. The van der Waals surface area contributed by atoms with Crippen LogP contribution in [0.2, 0.25) is 5.02 Å². The summed E-state index contributed by atoms with van der Waals surface area (Å²) in [5.74, 6) is 2.73. The number of nitro benzene ring substituents is 1. The second kappa shape index (κ2) is 6.34. The summed E-state index contributed by atoms with van der Waals surface area (Å²) in [6, 6.07) is 7.53. The van der Waals surface area contributed by atoms with Crippen molar-refractivity contribution in [1.29, 1.82) is 0 Å². The second-order valence-electron chi connectivity index (χ2n) is 8.74. The lowest BCUT2D eigenvalue weighted by atomic mass is 9.53. The number of halogens is 1. The molecular weight excluding hydrogens is 380 g/mol. The van der Waals surface area contributed by atoms with Gasteiger partial charge in [0.2, 0.25) is 0 Å². The number of hydrogen-bond donors (Lipinski definition) is 1. The molecule has 0 radical (unpaired) electrons. The highest BCUT2D eigenvalue weighted by molar-refractivity contribution is 6.33. The Bertz CT molecular complexity index is 932. The number of furan rings is 1. The van der Waals surface area contributed by atoms with Crippen molar-refractivity contribution in [2.75, 3.05) is 0 Å². The van der Waals surface area contributed by atoms with Crippen LogP contribution >= 0.6 is 11.6 Å². The van der Waals surface area contributed by atoms with E-state index in [1.54, 1.807) is 18.2 Å². The van der Waals surface area contributed by atoms with E-state index in [1.165, 1.54) is 31.4 Å². The van der Waals surface area contributed by atoms with Crippen molar-refractivity contribution in [2.45, 2.75) is 44.1 Å². The zero-order valence-corrected chi connectivity index (χ0v) is 16.1. The molecule has 6 nitrogen and oxygen atoms in total. The molecule has 4 aliphatic rings. The van der Waals surface area contributed by atoms with Gasteiger partial charge in [0.15, 0.2) is 5.76 Å². The highest BCUT2D eigenvalue weighted by Gasteiger charge is 2.51. The first-order valence-electron chi connectivity index (χ1n) is 9.77. The molecule has 0 saturated heterocycles. The van der Waals surface area contributed by atoms with E-state index in [4.69, 9.17) is 16.0 Å². The molecule has 0 atom stereocenters. The molecule has 6 rings (SSSR count). The Kier molecular flexibility index (Phi) is 4.02. The van der Waals surface area contributed by atoms with Crippen LogP contribution in [-0.2, 0) is 0 Å². The van der Waals surface area contributed by atoms with Crippen LogP contribution in [0.4, 0.5) is 5.69 Å². The van der Waals surface area contributed by atoms with E-state index < -0.39 is 4.92 Å². The summed E-state index contributed by atoms with van der Waals surface area (Å²) in [6.07, 6.45) is 7.18. The fourth-order valence-corrected chi connectivity index (χ4v) is 6.26. The monoisotopic (exact) mass is 400 g/mol. The van der Waals surface area contributed by atoms with Crippen LogP contribution in [-0.4, -0.2) is 16.4 Å². The molecule has 146 valence electrons. The van der Waals surface area contributed by atoms with Crippen molar-refractivity contribution < 1.29 is 14.1 Å². The minimum atomic E-state index is -0.498. The van der Waals surface area contributed by atoms with Crippen LogP contribution in [0.5, 0.6) is 0 Å². The number of non-ortho nitro benzene ring substituents is 1. The minimum Gasteiger partial charge on any atom is -0.451 e. The summed E-state index contributed by atoms with van der Waals surface area (Å²) in [5, 5.41) is 14.4. The maximum absolute atomic E-state index is 12.9. The van der Waals surface area contributed by atoms with Crippen LogP contribution < -0.4 is 5.32 Å². The maximum Gasteiger partial charge on any atom is 0.287 e. The number of carbonyl (C=O) groups is 1. The Morgan fingerprint density at radius 3 is 2.32 bits per heavy atom. The number of rotatable bonds is 4. The smallest absolute Gasteiger partial charge is 0.287 e. The predicted octanol–water partition coefficient (Wildman–Crippen LogP) is 5.21. The van der Waals surface area contributed by atoms with Crippen LogP contribution in [0.1, 0.15) is 49.1 Å². The first kappa shape index (κ1) is 17.7. The fourth-order valence-electron chi connectivity index (χ4n) is 5.99. The van der Waals surface area contributed by atoms with E-state index in [0.717, 1.165) is 37.0 Å². The predicted molar refractivity (Wildman–Crippen MR) is 104 cm³/mol. The molecule has 2 aromatic rings. The van der Waals surface area contributed by atoms with Gasteiger partial charge < -0.3 is 9.73 Å². The van der Waals surface area contributed by atoms with Gasteiger partial charge in [-0.25, -0.2) is 0 Å². The lowest BCUT2D eigenvalue weighted by Gasteiger charge is -2.56. The fraction of sp³-hybridized carbons (Fsp3) is 0.476. The molecule has 1 heterocycles. The molecule has 4 aliphatic carbocycles. The Labute approximate surface area is 167 Å². The summed E-state index contributed by atoms with van der Waals surface area (Å²) < 4.78 is 5.76. The van der Waals surface area contributed by atoms with Gasteiger partial charge in [-0.15, -0.1) is 0 Å². The van der Waals surface area contributed by atoms with E-state index in [2.05, 4.69) is 5.32 Å². The van der Waals surface area contributed by atoms with E-state index in [-0.39, 0.29) is 27.9 Å². The summed E-state index contributed by atoms with van der Waals surface area (Å²) >= 11 is 6.18. The van der Waals surface area contributed by atoms with Crippen molar-refractivity contribution in [3.63, 3.8) is 0 Å². The SMILES string of the molecule is O=C(NC12CC3CC(CC(C3)C1)C2)c1ccc(-c2ccc([N+](=O)[O-])cc2Cl)o1. The summed E-state index contributed by atoms with van der Waals surface area (Å²) in [5.41, 5.74) is 0.366. The molecule has 4 fully saturated rings. The van der Waals surface area contributed by atoms with Gasteiger partial charge in [0.1, 0.15) is 5.76 Å². The molecule has 4 saturated carbocycles. The van der Waals surface area contributed by atoms with E-state index in [9.17, 15) is 14.9 Å².